The van der Waals surface area contributed by atoms with Gasteiger partial charge in [0.1, 0.15) is 18.0 Å². The van der Waals surface area contributed by atoms with Gasteiger partial charge in [-0.3, -0.25) is 0 Å². The number of benzene rings is 1. The molecule has 1 aromatic rings. The van der Waals surface area contributed by atoms with Crippen molar-refractivity contribution in [3.63, 3.8) is 0 Å². The molecule has 116 valence electrons. The van der Waals surface area contributed by atoms with Crippen molar-refractivity contribution in [3.8, 4) is 5.75 Å². The summed E-state index contributed by atoms with van der Waals surface area (Å²) in [6, 6.07) is 7.44. The minimum absolute atomic E-state index is 0.0390. The van der Waals surface area contributed by atoms with Crippen LogP contribution in [0.5, 0.6) is 5.75 Å². The van der Waals surface area contributed by atoms with Crippen molar-refractivity contribution in [1.29, 1.82) is 0 Å². The molecule has 21 heavy (non-hydrogen) atoms. The Labute approximate surface area is 124 Å². The fourth-order valence-electron chi connectivity index (χ4n) is 1.43. The van der Waals surface area contributed by atoms with Gasteiger partial charge >= 0.3 is 6.09 Å². The van der Waals surface area contributed by atoms with E-state index in [4.69, 9.17) is 9.47 Å². The Bertz CT molecular complexity index is 489. The Balaban J connectivity index is 2.39. The Morgan fingerprint density at radius 1 is 1.29 bits per heavy atom. The quantitative estimate of drug-likeness (QED) is 0.900. The number of carbonyl (C=O) groups excluding carboxylic acids is 1. The summed E-state index contributed by atoms with van der Waals surface area (Å²) in [5.41, 5.74) is 0.860. The molecule has 0 saturated heterocycles. The van der Waals surface area contributed by atoms with Gasteiger partial charge in [-0.2, -0.15) is 0 Å². The first-order valence-corrected chi connectivity index (χ1v) is 6.74. The van der Waals surface area contributed by atoms with Crippen molar-refractivity contribution in [2.45, 2.75) is 33.3 Å². The van der Waals surface area contributed by atoms with Gasteiger partial charge in [-0.25, -0.2) is 9.18 Å². The van der Waals surface area contributed by atoms with Crippen LogP contribution in [0.2, 0.25) is 0 Å². The summed E-state index contributed by atoms with van der Waals surface area (Å²) in [5.74, 6) is 0.650. The molecule has 0 heterocycles. The summed E-state index contributed by atoms with van der Waals surface area (Å²) >= 11 is 0. The number of aryl methyl sites for hydroxylation is 1. The zero-order valence-corrected chi connectivity index (χ0v) is 12.9. The highest BCUT2D eigenvalue weighted by Gasteiger charge is 2.16. The average Bonchev–Trinajstić information content (AvgIpc) is 2.39. The maximum absolute atomic E-state index is 12.8. The lowest BCUT2D eigenvalue weighted by Gasteiger charge is -2.20. The van der Waals surface area contributed by atoms with E-state index in [9.17, 15) is 9.18 Å². The zero-order chi connectivity index (χ0) is 15.9. The van der Waals surface area contributed by atoms with Gasteiger partial charge in [-0.1, -0.05) is 17.7 Å². The molecule has 1 aromatic carbocycles. The van der Waals surface area contributed by atoms with E-state index in [-0.39, 0.29) is 13.2 Å². The number of alkyl carbamates (subject to hydrolysis) is 1. The molecule has 0 fully saturated rings. The highest BCUT2D eigenvalue weighted by molar-refractivity contribution is 5.68. The summed E-state index contributed by atoms with van der Waals surface area (Å²) < 4.78 is 23.3. The minimum Gasteiger partial charge on any atom is -0.489 e. The molecule has 0 aliphatic rings. The number of rotatable bonds is 5. The number of nitrogens with one attached hydrogen (secondary N) is 1. The van der Waals surface area contributed by atoms with Crippen molar-refractivity contribution >= 4 is 6.09 Å². The summed E-state index contributed by atoms with van der Waals surface area (Å²) in [7, 11) is 0. The number of ether oxygens (including phenoxy) is 2. The van der Waals surface area contributed by atoms with Gasteiger partial charge in [-0.05, 0) is 39.8 Å². The van der Waals surface area contributed by atoms with Gasteiger partial charge < -0.3 is 14.8 Å². The molecule has 4 nitrogen and oxygen atoms in total. The average molecular weight is 295 g/mol. The van der Waals surface area contributed by atoms with Crippen molar-refractivity contribution < 1.29 is 18.7 Å². The number of hydrogen-bond acceptors (Lipinski definition) is 3. The normalized spacial score (nSPS) is 12.0. The Morgan fingerprint density at radius 2 is 1.90 bits per heavy atom. The smallest absolute Gasteiger partial charge is 0.407 e. The van der Waals surface area contributed by atoms with Gasteiger partial charge in [0.2, 0.25) is 0 Å². The monoisotopic (exact) mass is 295 g/mol. The predicted octanol–water partition coefficient (Wildman–Crippen LogP) is 3.75. The lowest BCUT2D eigenvalue weighted by Crippen LogP contribution is -2.34. The molecule has 0 atom stereocenters. The fourth-order valence-corrected chi connectivity index (χ4v) is 1.43. The van der Waals surface area contributed by atoms with Crippen molar-refractivity contribution in [2.75, 3.05) is 13.2 Å². The summed E-state index contributed by atoms with van der Waals surface area (Å²) in [5, 5.41) is 2.49. The molecule has 0 bridgehead atoms. The first kappa shape index (κ1) is 17.0. The molecule has 0 aromatic heterocycles. The molecule has 0 saturated carbocycles. The van der Waals surface area contributed by atoms with Gasteiger partial charge in [-0.15, -0.1) is 0 Å². The third-order valence-corrected chi connectivity index (χ3v) is 2.46. The lowest BCUT2D eigenvalue weighted by atomic mass is 10.2. The second kappa shape index (κ2) is 7.67. The largest absolute Gasteiger partial charge is 0.489 e. The van der Waals surface area contributed by atoms with Crippen LogP contribution < -0.4 is 10.1 Å². The van der Waals surface area contributed by atoms with E-state index in [1.165, 1.54) is 0 Å². The highest BCUT2D eigenvalue weighted by atomic mass is 19.1. The van der Waals surface area contributed by atoms with E-state index in [1.807, 2.05) is 31.2 Å². The minimum atomic E-state index is -0.586. The Morgan fingerprint density at radius 3 is 2.43 bits per heavy atom. The van der Waals surface area contributed by atoms with E-state index >= 15 is 0 Å². The van der Waals surface area contributed by atoms with Crippen LogP contribution in [-0.2, 0) is 4.74 Å². The maximum atomic E-state index is 12.8. The van der Waals surface area contributed by atoms with E-state index in [0.29, 0.717) is 17.7 Å². The first-order chi connectivity index (χ1) is 9.80. The number of carbonyl (C=O) groups is 1. The SMILES string of the molecule is Cc1ccc(OCC(=CF)CNC(=O)OC(C)(C)C)cc1. The molecule has 5 heteroatoms. The summed E-state index contributed by atoms with van der Waals surface area (Å²) in [6.45, 7) is 7.37. The van der Waals surface area contributed by atoms with Crippen LogP contribution in [0.1, 0.15) is 26.3 Å². The van der Waals surface area contributed by atoms with Crippen LogP contribution in [0.4, 0.5) is 9.18 Å². The van der Waals surface area contributed by atoms with Crippen molar-refractivity contribution in [1.82, 2.24) is 5.32 Å². The molecule has 0 spiro atoms. The third kappa shape index (κ3) is 7.34. The number of amides is 1. The second-order valence-electron chi connectivity index (χ2n) is 5.72. The molecule has 0 unspecified atom stereocenters. The van der Waals surface area contributed by atoms with Crippen LogP contribution in [-0.4, -0.2) is 24.8 Å². The van der Waals surface area contributed by atoms with E-state index in [1.54, 1.807) is 20.8 Å². The van der Waals surface area contributed by atoms with Crippen molar-refractivity contribution in [3.05, 3.63) is 41.7 Å². The standard InChI is InChI=1S/C16H22FNO3/c1-12-5-7-14(8-6-12)20-11-13(9-17)10-18-15(19)21-16(2,3)4/h5-9H,10-11H2,1-4H3,(H,18,19). The molecule has 0 aliphatic carbocycles. The van der Waals surface area contributed by atoms with Crippen LogP contribution in [0.25, 0.3) is 0 Å². The molecule has 1 amide bonds. The molecule has 1 N–H and O–H groups in total. The van der Waals surface area contributed by atoms with Crippen LogP contribution in [0, 0.1) is 6.92 Å². The Kier molecular flexibility index (Phi) is 6.21. The molecule has 0 radical (unpaired) electrons. The van der Waals surface area contributed by atoms with Gasteiger partial charge in [0, 0.05) is 12.1 Å². The molecule has 0 aliphatic heterocycles. The first-order valence-electron chi connectivity index (χ1n) is 6.74. The van der Waals surface area contributed by atoms with E-state index in [2.05, 4.69) is 5.32 Å². The third-order valence-electron chi connectivity index (χ3n) is 2.46. The Hall–Kier alpha value is -2.04. The molecule has 1 rings (SSSR count). The van der Waals surface area contributed by atoms with E-state index in [0.717, 1.165) is 5.56 Å². The van der Waals surface area contributed by atoms with E-state index < -0.39 is 11.7 Å². The number of halogens is 1. The zero-order valence-electron chi connectivity index (χ0n) is 12.9. The van der Waals surface area contributed by atoms with Crippen LogP contribution in [0.3, 0.4) is 0 Å². The molecular formula is C16H22FNO3. The van der Waals surface area contributed by atoms with Gasteiger partial charge in [0.15, 0.2) is 0 Å². The molecular weight excluding hydrogens is 273 g/mol. The number of hydrogen-bond donors (Lipinski definition) is 1. The predicted molar refractivity (Wildman–Crippen MR) is 80.1 cm³/mol. The van der Waals surface area contributed by atoms with Crippen LogP contribution >= 0.6 is 0 Å². The van der Waals surface area contributed by atoms with Crippen LogP contribution in [0.15, 0.2) is 36.2 Å². The summed E-state index contributed by atoms with van der Waals surface area (Å²) in [4.78, 5) is 11.5. The second-order valence-corrected chi connectivity index (χ2v) is 5.72. The van der Waals surface area contributed by atoms with Gasteiger partial charge in [0.05, 0.1) is 6.33 Å². The fraction of sp³-hybridized carbons (Fsp3) is 0.438. The lowest BCUT2D eigenvalue weighted by molar-refractivity contribution is 0.0531. The summed E-state index contributed by atoms with van der Waals surface area (Å²) in [6.07, 6.45) is -0.150. The topological polar surface area (TPSA) is 47.6 Å². The van der Waals surface area contributed by atoms with Gasteiger partial charge in [0.25, 0.3) is 0 Å². The van der Waals surface area contributed by atoms with Crippen molar-refractivity contribution in [2.24, 2.45) is 0 Å². The maximum Gasteiger partial charge on any atom is 0.407 e. The highest BCUT2D eigenvalue weighted by Crippen LogP contribution is 2.12.